The van der Waals surface area contributed by atoms with Crippen molar-refractivity contribution in [2.75, 3.05) is 13.1 Å². The SMILES string of the molecule is Cc1cc(C(=O)N2CCCC(C(C)(C)C(=O)O)C2)n[nH]1. The normalized spacial score (nSPS) is 19.9. The van der Waals surface area contributed by atoms with Crippen LogP contribution in [0.15, 0.2) is 6.07 Å². The molecule has 1 aromatic rings. The number of amides is 1. The lowest BCUT2D eigenvalue weighted by Crippen LogP contribution is -2.47. The van der Waals surface area contributed by atoms with Crippen LogP contribution in [0.3, 0.4) is 0 Å². The van der Waals surface area contributed by atoms with Crippen molar-refractivity contribution in [2.45, 2.75) is 33.6 Å². The number of piperidine rings is 1. The van der Waals surface area contributed by atoms with E-state index in [1.807, 2.05) is 6.92 Å². The number of rotatable bonds is 3. The molecule has 1 aliphatic heterocycles. The maximum absolute atomic E-state index is 12.4. The summed E-state index contributed by atoms with van der Waals surface area (Å²) in [7, 11) is 0. The van der Waals surface area contributed by atoms with E-state index >= 15 is 0 Å². The van der Waals surface area contributed by atoms with Gasteiger partial charge in [0.05, 0.1) is 5.41 Å². The first kappa shape index (κ1) is 14.6. The van der Waals surface area contributed by atoms with Crippen molar-refractivity contribution >= 4 is 11.9 Å². The molecular formula is C14H21N3O3. The molecule has 1 aliphatic rings. The van der Waals surface area contributed by atoms with Crippen molar-refractivity contribution in [2.24, 2.45) is 11.3 Å². The Morgan fingerprint density at radius 3 is 2.75 bits per heavy atom. The molecule has 1 atom stereocenters. The molecule has 2 heterocycles. The van der Waals surface area contributed by atoms with E-state index < -0.39 is 11.4 Å². The highest BCUT2D eigenvalue weighted by Crippen LogP contribution is 2.34. The summed E-state index contributed by atoms with van der Waals surface area (Å²) in [6, 6.07) is 1.72. The van der Waals surface area contributed by atoms with E-state index in [-0.39, 0.29) is 11.8 Å². The van der Waals surface area contributed by atoms with Crippen molar-refractivity contribution in [3.05, 3.63) is 17.5 Å². The number of aliphatic carboxylic acids is 1. The second-order valence-electron chi connectivity index (χ2n) is 6.05. The zero-order chi connectivity index (χ0) is 14.9. The predicted octanol–water partition coefficient (Wildman–Crippen LogP) is 1.68. The second-order valence-corrected chi connectivity index (χ2v) is 6.05. The number of carboxylic acids is 1. The molecule has 2 rings (SSSR count). The number of hydrogen-bond donors (Lipinski definition) is 2. The zero-order valence-corrected chi connectivity index (χ0v) is 12.1. The number of aromatic nitrogens is 2. The highest BCUT2D eigenvalue weighted by Gasteiger charge is 2.40. The molecule has 110 valence electrons. The summed E-state index contributed by atoms with van der Waals surface area (Å²) in [6.07, 6.45) is 1.67. The number of nitrogens with one attached hydrogen (secondary N) is 1. The largest absolute Gasteiger partial charge is 0.481 e. The third-order valence-electron chi connectivity index (χ3n) is 4.21. The molecule has 0 radical (unpaired) electrons. The molecule has 0 saturated carbocycles. The average Bonchev–Trinajstić information content (AvgIpc) is 2.84. The van der Waals surface area contributed by atoms with Gasteiger partial charge in [0, 0.05) is 18.8 Å². The van der Waals surface area contributed by atoms with Crippen LogP contribution in [0, 0.1) is 18.3 Å². The summed E-state index contributed by atoms with van der Waals surface area (Å²) in [5, 5.41) is 16.1. The summed E-state index contributed by atoms with van der Waals surface area (Å²) in [6.45, 7) is 6.44. The maximum atomic E-state index is 12.4. The lowest BCUT2D eigenvalue weighted by molar-refractivity contribution is -0.151. The van der Waals surface area contributed by atoms with Gasteiger partial charge in [0.2, 0.25) is 0 Å². The summed E-state index contributed by atoms with van der Waals surface area (Å²) >= 11 is 0. The highest BCUT2D eigenvalue weighted by molar-refractivity contribution is 5.92. The molecule has 6 nitrogen and oxygen atoms in total. The van der Waals surface area contributed by atoms with Gasteiger partial charge in [0.1, 0.15) is 5.69 Å². The van der Waals surface area contributed by atoms with Crippen LogP contribution in [0.25, 0.3) is 0 Å². The first-order valence-electron chi connectivity index (χ1n) is 6.87. The number of carbonyl (C=O) groups excluding carboxylic acids is 1. The van der Waals surface area contributed by atoms with E-state index in [0.29, 0.717) is 18.8 Å². The van der Waals surface area contributed by atoms with Gasteiger partial charge in [0.25, 0.3) is 5.91 Å². The molecular weight excluding hydrogens is 258 g/mol. The topological polar surface area (TPSA) is 86.3 Å². The summed E-state index contributed by atoms with van der Waals surface area (Å²) < 4.78 is 0. The maximum Gasteiger partial charge on any atom is 0.309 e. The molecule has 20 heavy (non-hydrogen) atoms. The number of aromatic amines is 1. The second kappa shape index (κ2) is 5.26. The minimum atomic E-state index is -0.819. The van der Waals surface area contributed by atoms with Gasteiger partial charge in [-0.05, 0) is 45.6 Å². The van der Waals surface area contributed by atoms with Gasteiger partial charge in [-0.2, -0.15) is 5.10 Å². The van der Waals surface area contributed by atoms with Gasteiger partial charge in [-0.3, -0.25) is 14.7 Å². The van der Waals surface area contributed by atoms with Gasteiger partial charge in [0.15, 0.2) is 0 Å². The third kappa shape index (κ3) is 2.69. The Kier molecular flexibility index (Phi) is 3.83. The summed E-state index contributed by atoms with van der Waals surface area (Å²) in [5.41, 5.74) is 0.421. The third-order valence-corrected chi connectivity index (χ3v) is 4.21. The van der Waals surface area contributed by atoms with Crippen LogP contribution in [0.2, 0.25) is 0 Å². The number of nitrogens with zero attached hydrogens (tertiary/aromatic N) is 2. The summed E-state index contributed by atoms with van der Waals surface area (Å²) in [5.74, 6) is -0.967. The van der Waals surface area contributed by atoms with Crippen molar-refractivity contribution in [1.82, 2.24) is 15.1 Å². The van der Waals surface area contributed by atoms with E-state index in [4.69, 9.17) is 0 Å². The van der Waals surface area contributed by atoms with E-state index in [1.54, 1.807) is 24.8 Å². The van der Waals surface area contributed by atoms with E-state index in [1.165, 1.54) is 0 Å². The molecule has 0 aromatic carbocycles. The predicted molar refractivity (Wildman–Crippen MR) is 73.4 cm³/mol. The van der Waals surface area contributed by atoms with Gasteiger partial charge in [-0.15, -0.1) is 0 Å². The molecule has 1 unspecified atom stereocenters. The Bertz CT molecular complexity index is 521. The van der Waals surface area contributed by atoms with Crippen molar-refractivity contribution < 1.29 is 14.7 Å². The smallest absolute Gasteiger partial charge is 0.309 e. The molecule has 1 saturated heterocycles. The quantitative estimate of drug-likeness (QED) is 0.881. The molecule has 1 fully saturated rings. The molecule has 6 heteroatoms. The fourth-order valence-corrected chi connectivity index (χ4v) is 2.61. The van der Waals surface area contributed by atoms with Crippen LogP contribution in [-0.4, -0.2) is 45.2 Å². The average molecular weight is 279 g/mol. The molecule has 1 amide bonds. The highest BCUT2D eigenvalue weighted by atomic mass is 16.4. The summed E-state index contributed by atoms with van der Waals surface area (Å²) in [4.78, 5) is 25.4. The van der Waals surface area contributed by atoms with Crippen LogP contribution >= 0.6 is 0 Å². The Balaban J connectivity index is 2.11. The van der Waals surface area contributed by atoms with Gasteiger partial charge < -0.3 is 10.0 Å². The number of aryl methyl sites for hydroxylation is 1. The molecule has 0 aliphatic carbocycles. The lowest BCUT2D eigenvalue weighted by atomic mass is 9.74. The van der Waals surface area contributed by atoms with Crippen molar-refractivity contribution in [3.63, 3.8) is 0 Å². The van der Waals surface area contributed by atoms with Crippen LogP contribution in [-0.2, 0) is 4.79 Å². The zero-order valence-electron chi connectivity index (χ0n) is 12.1. The van der Waals surface area contributed by atoms with Crippen LogP contribution < -0.4 is 0 Å². The first-order valence-corrected chi connectivity index (χ1v) is 6.87. The number of carboxylic acid groups (broad SMARTS) is 1. The minimum absolute atomic E-state index is 0.0299. The van der Waals surface area contributed by atoms with Crippen LogP contribution in [0.1, 0.15) is 42.9 Å². The number of hydrogen-bond acceptors (Lipinski definition) is 3. The molecule has 2 N–H and O–H groups in total. The molecule has 1 aromatic heterocycles. The van der Waals surface area contributed by atoms with Crippen molar-refractivity contribution in [3.8, 4) is 0 Å². The number of H-pyrrole nitrogens is 1. The number of carbonyl (C=O) groups is 2. The van der Waals surface area contributed by atoms with Gasteiger partial charge in [-0.1, -0.05) is 0 Å². The van der Waals surface area contributed by atoms with E-state index in [0.717, 1.165) is 18.5 Å². The Morgan fingerprint density at radius 2 is 2.20 bits per heavy atom. The fourth-order valence-electron chi connectivity index (χ4n) is 2.61. The Labute approximate surface area is 118 Å². The van der Waals surface area contributed by atoms with Crippen LogP contribution in [0.4, 0.5) is 0 Å². The molecule has 0 bridgehead atoms. The standard InChI is InChI=1S/C14H21N3O3/c1-9-7-11(16-15-9)12(18)17-6-4-5-10(8-17)14(2,3)13(19)20/h7,10H,4-6,8H2,1-3H3,(H,15,16)(H,19,20). The number of likely N-dealkylation sites (tertiary alicyclic amines) is 1. The molecule has 0 spiro atoms. The van der Waals surface area contributed by atoms with Gasteiger partial charge >= 0.3 is 5.97 Å². The Hall–Kier alpha value is -1.85. The van der Waals surface area contributed by atoms with Crippen molar-refractivity contribution in [1.29, 1.82) is 0 Å². The van der Waals surface area contributed by atoms with Crippen LogP contribution in [0.5, 0.6) is 0 Å². The van der Waals surface area contributed by atoms with E-state index in [2.05, 4.69) is 10.2 Å². The fraction of sp³-hybridized carbons (Fsp3) is 0.643. The Morgan fingerprint density at radius 1 is 1.50 bits per heavy atom. The van der Waals surface area contributed by atoms with Gasteiger partial charge in [-0.25, -0.2) is 0 Å². The minimum Gasteiger partial charge on any atom is -0.481 e. The lowest BCUT2D eigenvalue weighted by Gasteiger charge is -2.39. The monoisotopic (exact) mass is 279 g/mol. The van der Waals surface area contributed by atoms with E-state index in [9.17, 15) is 14.7 Å². The first-order chi connectivity index (χ1) is 9.32.